The van der Waals surface area contributed by atoms with Crippen molar-refractivity contribution in [1.82, 2.24) is 9.62 Å². The molecule has 82 valence electrons. The summed E-state index contributed by atoms with van der Waals surface area (Å²) >= 11 is 0. The molecule has 1 aromatic carbocycles. The van der Waals surface area contributed by atoms with Gasteiger partial charge in [0.15, 0.2) is 0 Å². The molecule has 15 heavy (non-hydrogen) atoms. The highest BCUT2D eigenvalue weighted by Gasteiger charge is 2.24. The van der Waals surface area contributed by atoms with Crippen molar-refractivity contribution < 1.29 is 8.42 Å². The third kappa shape index (κ3) is 1.90. The summed E-state index contributed by atoms with van der Waals surface area (Å²) in [7, 11) is -1.68. The molecule has 0 bridgehead atoms. The average Bonchev–Trinajstić information content (AvgIpc) is 2.23. The second-order valence-electron chi connectivity index (χ2n) is 3.61. The fourth-order valence-corrected chi connectivity index (χ4v) is 3.04. The maximum absolute atomic E-state index is 12.1. The highest BCUT2D eigenvalue weighted by molar-refractivity contribution is 7.89. The molecule has 0 aliphatic carbocycles. The number of nitrogens with zero attached hydrogens (tertiary/aromatic N) is 1. The summed E-state index contributed by atoms with van der Waals surface area (Å²) in [6, 6.07) is 7.12. The van der Waals surface area contributed by atoms with E-state index in [0.717, 1.165) is 5.56 Å². The minimum Gasteiger partial charge on any atom is -0.311 e. The molecule has 0 atom stereocenters. The van der Waals surface area contributed by atoms with Crippen LogP contribution >= 0.6 is 0 Å². The lowest BCUT2D eigenvalue weighted by molar-refractivity contribution is 0.449. The Kier molecular flexibility index (Phi) is 2.77. The second kappa shape index (κ2) is 3.92. The van der Waals surface area contributed by atoms with Gasteiger partial charge in [0.2, 0.25) is 10.0 Å². The van der Waals surface area contributed by atoms with Gasteiger partial charge in [0.25, 0.3) is 0 Å². The van der Waals surface area contributed by atoms with E-state index in [0.29, 0.717) is 24.5 Å². The number of nitrogens with one attached hydrogen (secondary N) is 1. The Morgan fingerprint density at radius 3 is 2.87 bits per heavy atom. The fraction of sp³-hybridized carbons (Fsp3) is 0.400. The Balaban J connectivity index is 2.57. The molecule has 0 fully saturated rings. The van der Waals surface area contributed by atoms with E-state index < -0.39 is 10.0 Å². The zero-order valence-electron chi connectivity index (χ0n) is 8.60. The highest BCUT2D eigenvalue weighted by atomic mass is 32.2. The molecule has 0 saturated heterocycles. The van der Waals surface area contributed by atoms with Crippen LogP contribution in [0.2, 0.25) is 0 Å². The normalized spacial score (nSPS) is 21.4. The summed E-state index contributed by atoms with van der Waals surface area (Å²) in [4.78, 5) is 0.416. The standard InChI is InChI=1S/C10H14N2O2S/c1-12-7-6-11-8-9-4-2-3-5-10(9)15(12,13)14/h2-5,11H,6-8H2,1H3. The Hall–Kier alpha value is -0.910. The van der Waals surface area contributed by atoms with Crippen LogP contribution in [0.1, 0.15) is 5.56 Å². The Morgan fingerprint density at radius 2 is 2.07 bits per heavy atom. The van der Waals surface area contributed by atoms with Crippen LogP contribution in [-0.4, -0.2) is 32.9 Å². The molecular weight excluding hydrogens is 212 g/mol. The first-order valence-corrected chi connectivity index (χ1v) is 6.31. The van der Waals surface area contributed by atoms with Crippen molar-refractivity contribution in [3.63, 3.8) is 0 Å². The van der Waals surface area contributed by atoms with Gasteiger partial charge in [0.05, 0.1) is 4.90 Å². The predicted octanol–water partition coefficient (Wildman–Crippen LogP) is 0.410. The molecule has 1 aliphatic rings. The molecule has 2 rings (SSSR count). The van der Waals surface area contributed by atoms with Gasteiger partial charge in [-0.2, -0.15) is 4.31 Å². The quantitative estimate of drug-likeness (QED) is 0.697. The van der Waals surface area contributed by atoms with Gasteiger partial charge < -0.3 is 5.32 Å². The molecule has 0 unspecified atom stereocenters. The summed E-state index contributed by atoms with van der Waals surface area (Å²) in [5.41, 5.74) is 0.837. The summed E-state index contributed by atoms with van der Waals surface area (Å²) in [5, 5.41) is 3.21. The number of fused-ring (bicyclic) bond motifs is 1. The van der Waals surface area contributed by atoms with Crippen LogP contribution in [0.15, 0.2) is 29.2 Å². The van der Waals surface area contributed by atoms with Crippen LogP contribution in [-0.2, 0) is 16.6 Å². The predicted molar refractivity (Wildman–Crippen MR) is 58.0 cm³/mol. The summed E-state index contributed by atoms with van der Waals surface area (Å²) in [6.07, 6.45) is 0. The second-order valence-corrected chi connectivity index (χ2v) is 5.62. The van der Waals surface area contributed by atoms with Crippen molar-refractivity contribution in [2.75, 3.05) is 20.1 Å². The third-order valence-electron chi connectivity index (χ3n) is 2.58. The van der Waals surface area contributed by atoms with Gasteiger partial charge in [-0.3, -0.25) is 0 Å². The number of sulfonamides is 1. The summed E-state index contributed by atoms with van der Waals surface area (Å²) in [5.74, 6) is 0. The molecule has 1 heterocycles. The first-order chi connectivity index (χ1) is 7.12. The molecular formula is C10H14N2O2S. The topological polar surface area (TPSA) is 49.4 Å². The molecule has 4 nitrogen and oxygen atoms in total. The van der Waals surface area contributed by atoms with Crippen molar-refractivity contribution in [1.29, 1.82) is 0 Å². The van der Waals surface area contributed by atoms with Crippen LogP contribution in [0, 0.1) is 0 Å². The van der Waals surface area contributed by atoms with Crippen molar-refractivity contribution in [2.45, 2.75) is 11.4 Å². The first kappa shape index (κ1) is 10.6. The van der Waals surface area contributed by atoms with E-state index in [9.17, 15) is 8.42 Å². The van der Waals surface area contributed by atoms with Gasteiger partial charge in [-0.25, -0.2) is 8.42 Å². The van der Waals surface area contributed by atoms with Crippen molar-refractivity contribution in [3.8, 4) is 0 Å². The van der Waals surface area contributed by atoms with Crippen LogP contribution in [0.25, 0.3) is 0 Å². The molecule has 1 aliphatic heterocycles. The number of benzene rings is 1. The number of hydrogen-bond acceptors (Lipinski definition) is 3. The first-order valence-electron chi connectivity index (χ1n) is 4.87. The lowest BCUT2D eigenvalue weighted by Crippen LogP contribution is -2.37. The van der Waals surface area contributed by atoms with Crippen molar-refractivity contribution in [3.05, 3.63) is 29.8 Å². The van der Waals surface area contributed by atoms with Crippen molar-refractivity contribution in [2.24, 2.45) is 0 Å². The van der Waals surface area contributed by atoms with Gasteiger partial charge in [0.1, 0.15) is 0 Å². The smallest absolute Gasteiger partial charge is 0.243 e. The Labute approximate surface area is 90.0 Å². The maximum atomic E-state index is 12.1. The molecule has 0 aromatic heterocycles. The molecule has 0 saturated carbocycles. The number of likely N-dealkylation sites (N-methyl/N-ethyl adjacent to an activating group) is 1. The maximum Gasteiger partial charge on any atom is 0.243 e. The fourth-order valence-electron chi connectivity index (χ4n) is 1.65. The molecule has 0 spiro atoms. The lowest BCUT2D eigenvalue weighted by atomic mass is 10.2. The van der Waals surface area contributed by atoms with E-state index in [1.165, 1.54) is 4.31 Å². The van der Waals surface area contributed by atoms with Gasteiger partial charge >= 0.3 is 0 Å². The van der Waals surface area contributed by atoms with Gasteiger partial charge in [-0.1, -0.05) is 18.2 Å². The van der Waals surface area contributed by atoms with E-state index in [1.54, 1.807) is 19.2 Å². The third-order valence-corrected chi connectivity index (χ3v) is 4.54. The van der Waals surface area contributed by atoms with Crippen LogP contribution in [0.5, 0.6) is 0 Å². The van der Waals surface area contributed by atoms with Gasteiger partial charge in [0, 0.05) is 26.7 Å². The monoisotopic (exact) mass is 226 g/mol. The zero-order chi connectivity index (χ0) is 10.9. The molecule has 1 aromatic rings. The Morgan fingerprint density at radius 1 is 1.33 bits per heavy atom. The summed E-state index contributed by atoms with van der Waals surface area (Å²) < 4.78 is 25.5. The molecule has 0 amide bonds. The molecule has 0 radical (unpaired) electrons. The number of rotatable bonds is 0. The average molecular weight is 226 g/mol. The zero-order valence-corrected chi connectivity index (χ0v) is 9.42. The van der Waals surface area contributed by atoms with Crippen molar-refractivity contribution >= 4 is 10.0 Å². The van der Waals surface area contributed by atoms with Gasteiger partial charge in [-0.15, -0.1) is 0 Å². The van der Waals surface area contributed by atoms with E-state index in [1.807, 2.05) is 12.1 Å². The van der Waals surface area contributed by atoms with Crippen LogP contribution < -0.4 is 5.32 Å². The molecule has 1 N–H and O–H groups in total. The summed E-state index contributed by atoms with van der Waals surface area (Å²) in [6.45, 7) is 1.81. The Bertz CT molecular complexity index is 456. The highest BCUT2D eigenvalue weighted by Crippen LogP contribution is 2.20. The van der Waals surface area contributed by atoms with Crippen LogP contribution in [0.3, 0.4) is 0 Å². The minimum atomic E-state index is -3.29. The minimum absolute atomic E-state index is 0.416. The lowest BCUT2D eigenvalue weighted by Gasteiger charge is -2.22. The SMILES string of the molecule is CN1CCNCc2ccccc2S1(=O)=O. The largest absolute Gasteiger partial charge is 0.311 e. The van der Waals surface area contributed by atoms with Crippen LogP contribution in [0.4, 0.5) is 0 Å². The van der Waals surface area contributed by atoms with E-state index in [-0.39, 0.29) is 0 Å². The van der Waals surface area contributed by atoms with E-state index >= 15 is 0 Å². The molecule has 5 heteroatoms. The van der Waals surface area contributed by atoms with E-state index in [4.69, 9.17) is 0 Å². The van der Waals surface area contributed by atoms with Gasteiger partial charge in [-0.05, 0) is 11.6 Å². The van der Waals surface area contributed by atoms with E-state index in [2.05, 4.69) is 5.32 Å². The number of hydrogen-bond donors (Lipinski definition) is 1.